The number of hydrogen-bond donors (Lipinski definition) is 2. The first kappa shape index (κ1) is 14.4. The second-order valence-corrected chi connectivity index (χ2v) is 3.64. The van der Waals surface area contributed by atoms with Gasteiger partial charge in [-0.1, -0.05) is 17.7 Å². The lowest BCUT2D eigenvalue weighted by atomic mass is 10.2. The van der Waals surface area contributed by atoms with Crippen molar-refractivity contribution < 1.29 is 18.8 Å². The molecule has 0 saturated carbocycles. The van der Waals surface area contributed by atoms with Crippen molar-refractivity contribution in [1.82, 2.24) is 10.8 Å². The van der Waals surface area contributed by atoms with Crippen LogP contribution in [-0.2, 0) is 9.63 Å². The first-order valence-corrected chi connectivity index (χ1v) is 5.57. The van der Waals surface area contributed by atoms with Gasteiger partial charge in [0.1, 0.15) is 5.82 Å². The number of amides is 2. The molecule has 7 heteroatoms. The van der Waals surface area contributed by atoms with Gasteiger partial charge in [0.25, 0.3) is 11.8 Å². The third kappa shape index (κ3) is 3.97. The van der Waals surface area contributed by atoms with Gasteiger partial charge in [0.05, 0.1) is 23.7 Å². The van der Waals surface area contributed by atoms with Crippen LogP contribution in [0.1, 0.15) is 17.3 Å². The summed E-state index contributed by atoms with van der Waals surface area (Å²) in [5, 5.41) is 2.22. The highest BCUT2D eigenvalue weighted by Gasteiger charge is 2.16. The van der Waals surface area contributed by atoms with Gasteiger partial charge in [0.2, 0.25) is 0 Å². The molecule has 1 aromatic rings. The minimum atomic E-state index is -0.759. The molecule has 18 heavy (non-hydrogen) atoms. The maximum atomic E-state index is 13.4. The molecule has 0 radical (unpaired) electrons. The first-order chi connectivity index (χ1) is 8.56. The monoisotopic (exact) mass is 274 g/mol. The third-order valence-corrected chi connectivity index (χ3v) is 2.24. The zero-order valence-electron chi connectivity index (χ0n) is 9.63. The molecule has 0 unspecified atom stereocenters. The van der Waals surface area contributed by atoms with Crippen molar-refractivity contribution in [2.45, 2.75) is 6.92 Å². The van der Waals surface area contributed by atoms with Crippen molar-refractivity contribution in [2.24, 2.45) is 0 Å². The van der Waals surface area contributed by atoms with Gasteiger partial charge in [-0.05, 0) is 19.1 Å². The quantitative estimate of drug-likeness (QED) is 0.795. The van der Waals surface area contributed by atoms with Gasteiger partial charge in [0, 0.05) is 0 Å². The van der Waals surface area contributed by atoms with Gasteiger partial charge in [-0.3, -0.25) is 14.4 Å². The highest BCUT2D eigenvalue weighted by Crippen LogP contribution is 2.18. The summed E-state index contributed by atoms with van der Waals surface area (Å²) in [6.07, 6.45) is 0. The highest BCUT2D eigenvalue weighted by atomic mass is 35.5. The molecule has 0 aromatic heterocycles. The van der Waals surface area contributed by atoms with Gasteiger partial charge >= 0.3 is 0 Å². The Morgan fingerprint density at radius 3 is 2.78 bits per heavy atom. The zero-order chi connectivity index (χ0) is 13.5. The second kappa shape index (κ2) is 6.93. The van der Waals surface area contributed by atoms with E-state index in [0.29, 0.717) is 6.61 Å². The van der Waals surface area contributed by atoms with Crippen LogP contribution in [0.2, 0.25) is 5.02 Å². The summed E-state index contributed by atoms with van der Waals surface area (Å²) in [4.78, 5) is 27.4. The Hall–Kier alpha value is -1.66. The maximum Gasteiger partial charge on any atom is 0.262 e. The number of carbonyl (C=O) groups excluding carboxylic acids is 2. The van der Waals surface area contributed by atoms with Crippen LogP contribution in [0, 0.1) is 5.82 Å². The van der Waals surface area contributed by atoms with E-state index in [2.05, 4.69) is 15.6 Å². The summed E-state index contributed by atoms with van der Waals surface area (Å²) in [6, 6.07) is 3.89. The second-order valence-electron chi connectivity index (χ2n) is 3.24. The normalized spacial score (nSPS) is 9.94. The number of carbonyl (C=O) groups is 2. The Morgan fingerprint density at radius 2 is 2.17 bits per heavy atom. The van der Waals surface area contributed by atoms with E-state index in [0.717, 1.165) is 6.07 Å². The predicted molar refractivity (Wildman–Crippen MR) is 63.5 cm³/mol. The number of hydroxylamine groups is 1. The van der Waals surface area contributed by atoms with Gasteiger partial charge in [0.15, 0.2) is 0 Å². The molecule has 5 nitrogen and oxygen atoms in total. The van der Waals surface area contributed by atoms with E-state index < -0.39 is 17.6 Å². The fraction of sp³-hybridized carbons (Fsp3) is 0.273. The minimum Gasteiger partial charge on any atom is -0.343 e. The summed E-state index contributed by atoms with van der Waals surface area (Å²) in [5.74, 6) is -2.05. The van der Waals surface area contributed by atoms with Crippen LogP contribution in [0.25, 0.3) is 0 Å². The Morgan fingerprint density at radius 1 is 1.44 bits per heavy atom. The average Bonchev–Trinajstić information content (AvgIpc) is 2.33. The number of nitrogens with one attached hydrogen (secondary N) is 2. The number of halogens is 2. The van der Waals surface area contributed by atoms with Crippen LogP contribution in [0.15, 0.2) is 18.2 Å². The summed E-state index contributed by atoms with van der Waals surface area (Å²) >= 11 is 5.70. The largest absolute Gasteiger partial charge is 0.343 e. The topological polar surface area (TPSA) is 67.4 Å². The summed E-state index contributed by atoms with van der Waals surface area (Å²) in [5.41, 5.74) is 1.80. The van der Waals surface area contributed by atoms with Crippen molar-refractivity contribution in [2.75, 3.05) is 13.2 Å². The summed E-state index contributed by atoms with van der Waals surface area (Å²) in [7, 11) is 0. The van der Waals surface area contributed by atoms with E-state index in [1.807, 2.05) is 0 Å². The van der Waals surface area contributed by atoms with E-state index in [1.165, 1.54) is 12.1 Å². The van der Waals surface area contributed by atoms with E-state index in [9.17, 15) is 14.0 Å². The highest BCUT2D eigenvalue weighted by molar-refractivity contribution is 6.33. The smallest absolute Gasteiger partial charge is 0.262 e. The van der Waals surface area contributed by atoms with Crippen molar-refractivity contribution in [3.05, 3.63) is 34.6 Å². The molecule has 0 aliphatic heterocycles. The lowest BCUT2D eigenvalue weighted by Gasteiger charge is -2.07. The minimum absolute atomic E-state index is 0.0160. The molecule has 0 atom stereocenters. The van der Waals surface area contributed by atoms with Crippen LogP contribution in [0.4, 0.5) is 4.39 Å². The Labute approximate surface area is 108 Å². The molecule has 0 saturated heterocycles. The molecule has 0 fully saturated rings. The maximum absolute atomic E-state index is 13.4. The van der Waals surface area contributed by atoms with Gasteiger partial charge in [-0.15, -0.1) is 0 Å². The standard InChI is InChI=1S/C11H12ClFN2O3/c1-2-18-15-9(16)6-14-11(17)10-7(12)4-3-5-8(10)13/h3-5H,2,6H2,1H3,(H,14,17)(H,15,16). The molecule has 2 amide bonds. The lowest BCUT2D eigenvalue weighted by Crippen LogP contribution is -2.37. The Kier molecular flexibility index (Phi) is 5.54. The Balaban J connectivity index is 2.58. The van der Waals surface area contributed by atoms with Gasteiger partial charge in [-0.25, -0.2) is 9.87 Å². The van der Waals surface area contributed by atoms with E-state index in [1.54, 1.807) is 6.92 Å². The Bertz CT molecular complexity index is 434. The lowest BCUT2D eigenvalue weighted by molar-refractivity contribution is -0.132. The van der Waals surface area contributed by atoms with E-state index in [-0.39, 0.29) is 17.1 Å². The zero-order valence-corrected chi connectivity index (χ0v) is 10.4. The van der Waals surface area contributed by atoms with Crippen LogP contribution in [0.3, 0.4) is 0 Å². The number of hydrogen-bond acceptors (Lipinski definition) is 3. The molecule has 0 aliphatic carbocycles. The fourth-order valence-electron chi connectivity index (χ4n) is 1.15. The van der Waals surface area contributed by atoms with Gasteiger partial charge in [-0.2, -0.15) is 0 Å². The van der Waals surface area contributed by atoms with Crippen molar-refractivity contribution in [3.63, 3.8) is 0 Å². The third-order valence-electron chi connectivity index (χ3n) is 1.93. The number of rotatable bonds is 5. The average molecular weight is 275 g/mol. The number of benzene rings is 1. The first-order valence-electron chi connectivity index (χ1n) is 5.19. The van der Waals surface area contributed by atoms with Crippen LogP contribution < -0.4 is 10.8 Å². The molecule has 0 aliphatic rings. The van der Waals surface area contributed by atoms with E-state index >= 15 is 0 Å². The van der Waals surface area contributed by atoms with Crippen molar-refractivity contribution in [3.8, 4) is 0 Å². The molecule has 1 aromatic carbocycles. The molecule has 0 spiro atoms. The van der Waals surface area contributed by atoms with Gasteiger partial charge < -0.3 is 5.32 Å². The SMILES string of the molecule is CCONC(=O)CNC(=O)c1c(F)cccc1Cl. The fourth-order valence-corrected chi connectivity index (χ4v) is 1.40. The molecule has 1 rings (SSSR count). The summed E-state index contributed by atoms with van der Waals surface area (Å²) in [6.45, 7) is 1.67. The van der Waals surface area contributed by atoms with E-state index in [4.69, 9.17) is 11.6 Å². The molecular formula is C11H12ClFN2O3. The summed E-state index contributed by atoms with van der Waals surface area (Å²) < 4.78 is 13.4. The predicted octanol–water partition coefficient (Wildman–Crippen LogP) is 1.28. The van der Waals surface area contributed by atoms with Crippen molar-refractivity contribution >= 4 is 23.4 Å². The van der Waals surface area contributed by atoms with Crippen LogP contribution in [0.5, 0.6) is 0 Å². The molecular weight excluding hydrogens is 263 g/mol. The van der Waals surface area contributed by atoms with Crippen molar-refractivity contribution in [1.29, 1.82) is 0 Å². The molecule has 0 heterocycles. The molecule has 0 bridgehead atoms. The van der Waals surface area contributed by atoms with Crippen LogP contribution >= 0.6 is 11.6 Å². The van der Waals surface area contributed by atoms with Crippen LogP contribution in [-0.4, -0.2) is 25.0 Å². The molecule has 2 N–H and O–H groups in total. The molecule has 98 valence electrons.